The largest absolute Gasteiger partial charge is 0.488 e. The number of amides is 1. The van der Waals surface area contributed by atoms with Gasteiger partial charge in [-0.15, -0.1) is 0 Å². The molecule has 3 aromatic rings. The van der Waals surface area contributed by atoms with Crippen LogP contribution < -0.4 is 15.4 Å². The van der Waals surface area contributed by atoms with Gasteiger partial charge >= 0.3 is 6.09 Å². The number of carbonyl (C=O) groups is 1. The van der Waals surface area contributed by atoms with Crippen LogP contribution in [-0.2, 0) is 28.0 Å². The SMILES string of the molecule is CC(C)S(=O)(=O)c1nn(C)cc1Nc1nc(Nc2cc(F)c(C3CCN(C(=O)OC(C)(C)C)CC3)c3c2O[C@H](C)C3)ncc1Cl. The Morgan fingerprint density at radius 1 is 1.20 bits per heavy atom. The monoisotopic (exact) mass is 663 g/mol. The van der Waals surface area contributed by atoms with E-state index in [2.05, 4.69) is 25.7 Å². The molecule has 2 aliphatic heterocycles. The van der Waals surface area contributed by atoms with E-state index in [0.717, 1.165) is 5.56 Å². The first-order chi connectivity index (χ1) is 21.0. The lowest BCUT2D eigenvalue weighted by atomic mass is 9.84. The topological polar surface area (TPSA) is 141 Å². The zero-order chi connectivity index (χ0) is 32.8. The van der Waals surface area contributed by atoms with E-state index in [1.165, 1.54) is 23.1 Å². The first-order valence-electron chi connectivity index (χ1n) is 14.9. The number of sulfone groups is 1. The molecule has 1 amide bonds. The highest BCUT2D eigenvalue weighted by Gasteiger charge is 2.35. The van der Waals surface area contributed by atoms with Crippen LogP contribution in [0.25, 0.3) is 0 Å². The minimum absolute atomic E-state index is 0.0845. The summed E-state index contributed by atoms with van der Waals surface area (Å²) in [4.78, 5) is 22.9. The summed E-state index contributed by atoms with van der Waals surface area (Å²) in [6.07, 6.45) is 4.09. The summed E-state index contributed by atoms with van der Waals surface area (Å²) >= 11 is 6.38. The van der Waals surface area contributed by atoms with Gasteiger partial charge in [0.25, 0.3) is 0 Å². The molecule has 12 nitrogen and oxygen atoms in total. The van der Waals surface area contributed by atoms with Crippen molar-refractivity contribution in [1.29, 1.82) is 0 Å². The van der Waals surface area contributed by atoms with Crippen LogP contribution in [0.15, 0.2) is 23.5 Å². The molecule has 1 aromatic carbocycles. The van der Waals surface area contributed by atoms with Gasteiger partial charge in [-0.1, -0.05) is 11.6 Å². The summed E-state index contributed by atoms with van der Waals surface area (Å²) < 4.78 is 54.7. The number of nitrogens with zero attached hydrogens (tertiary/aromatic N) is 5. The average Bonchev–Trinajstić information content (AvgIpc) is 3.52. The van der Waals surface area contributed by atoms with Crippen LogP contribution in [-0.4, -0.2) is 69.2 Å². The van der Waals surface area contributed by atoms with E-state index in [-0.39, 0.29) is 51.4 Å². The van der Waals surface area contributed by atoms with Gasteiger partial charge in [0.2, 0.25) is 20.8 Å². The molecule has 1 atom stereocenters. The lowest BCUT2D eigenvalue weighted by Crippen LogP contribution is -2.41. The molecule has 2 N–H and O–H groups in total. The Kier molecular flexibility index (Phi) is 8.93. The van der Waals surface area contributed by atoms with E-state index in [1.807, 2.05) is 27.7 Å². The molecule has 0 spiro atoms. The van der Waals surface area contributed by atoms with E-state index in [0.29, 0.717) is 49.4 Å². The van der Waals surface area contributed by atoms with Crippen molar-refractivity contribution in [2.24, 2.45) is 7.05 Å². The third-order valence-corrected chi connectivity index (χ3v) is 10.0. The summed E-state index contributed by atoms with van der Waals surface area (Å²) in [5.74, 6) is 0.304. The number of fused-ring (bicyclic) bond motifs is 1. The molecule has 1 fully saturated rings. The smallest absolute Gasteiger partial charge is 0.410 e. The molecule has 15 heteroatoms. The summed E-state index contributed by atoms with van der Waals surface area (Å²) in [6, 6.07) is 1.38. The van der Waals surface area contributed by atoms with Gasteiger partial charge in [0.15, 0.2) is 5.82 Å². The first kappa shape index (κ1) is 32.7. The van der Waals surface area contributed by atoms with Gasteiger partial charge in [0.05, 0.1) is 22.8 Å². The fraction of sp³-hybridized carbons (Fsp3) is 0.533. The maximum Gasteiger partial charge on any atom is 0.410 e. The number of rotatable bonds is 7. The van der Waals surface area contributed by atoms with Crippen molar-refractivity contribution in [2.45, 2.75) is 88.7 Å². The third kappa shape index (κ3) is 6.96. The minimum Gasteiger partial charge on any atom is -0.488 e. The zero-order valence-electron chi connectivity index (χ0n) is 26.4. The van der Waals surface area contributed by atoms with Gasteiger partial charge in [0.1, 0.15) is 28.3 Å². The summed E-state index contributed by atoms with van der Waals surface area (Å²) in [6.45, 7) is 11.5. The number of anilines is 4. The van der Waals surface area contributed by atoms with Gasteiger partial charge < -0.3 is 25.0 Å². The van der Waals surface area contributed by atoms with Crippen LogP contribution >= 0.6 is 11.6 Å². The molecule has 244 valence electrons. The number of hydrogen-bond donors (Lipinski definition) is 2. The molecule has 5 rings (SSSR count). The van der Waals surface area contributed by atoms with Crippen molar-refractivity contribution in [3.8, 4) is 5.75 Å². The maximum absolute atomic E-state index is 15.9. The second kappa shape index (κ2) is 12.3. The Bertz CT molecular complexity index is 1720. The maximum atomic E-state index is 15.9. The molecule has 0 aliphatic carbocycles. The van der Waals surface area contributed by atoms with Crippen LogP contribution in [0.4, 0.5) is 32.3 Å². The minimum atomic E-state index is -3.70. The number of aromatic nitrogens is 4. The number of benzene rings is 1. The molecule has 0 bridgehead atoms. The standard InChI is InChI=1S/C30H39ClFN7O5S/c1-16(2)45(41,42)27-23(15-38(7)37-27)34-26-20(31)14-33-28(36-26)35-22-13-21(32)24(19-12-17(3)43-25(19)22)18-8-10-39(11-9-18)29(40)44-30(4,5)6/h13-18H,8-12H2,1-7H3,(H2,33,34,35,36)/t17-/m1/s1. The Morgan fingerprint density at radius 2 is 1.89 bits per heavy atom. The van der Waals surface area contributed by atoms with E-state index >= 15 is 4.39 Å². The third-order valence-electron chi connectivity index (χ3n) is 7.67. The quantitative estimate of drug-likeness (QED) is 0.304. The Hall–Kier alpha value is -3.65. The Morgan fingerprint density at radius 3 is 2.53 bits per heavy atom. The van der Waals surface area contributed by atoms with E-state index < -0.39 is 20.7 Å². The van der Waals surface area contributed by atoms with Gasteiger partial charge in [-0.05, 0) is 65.9 Å². The number of halogens is 2. The number of piperidine rings is 1. The normalized spacial score (nSPS) is 17.3. The lowest BCUT2D eigenvalue weighted by molar-refractivity contribution is 0.0204. The molecular weight excluding hydrogens is 625 g/mol. The van der Waals surface area contributed by atoms with Gasteiger partial charge in [-0.3, -0.25) is 4.68 Å². The number of ether oxygens (including phenoxy) is 2. The highest BCUT2D eigenvalue weighted by Crippen LogP contribution is 2.45. The fourth-order valence-corrected chi connectivity index (χ4v) is 6.77. The first-order valence-corrected chi connectivity index (χ1v) is 16.8. The number of hydrogen-bond acceptors (Lipinski definition) is 10. The summed E-state index contributed by atoms with van der Waals surface area (Å²) in [5, 5.41) is 9.49. The molecule has 0 radical (unpaired) electrons. The molecule has 1 saturated heterocycles. The molecule has 45 heavy (non-hydrogen) atoms. The second-order valence-corrected chi connectivity index (χ2v) is 15.6. The molecule has 2 aromatic heterocycles. The zero-order valence-corrected chi connectivity index (χ0v) is 28.0. The lowest BCUT2D eigenvalue weighted by Gasteiger charge is -2.34. The predicted octanol–water partition coefficient (Wildman–Crippen LogP) is 6.11. The molecule has 0 unspecified atom stereocenters. The Balaban J connectivity index is 1.39. The van der Waals surface area contributed by atoms with Crippen LogP contribution in [0.2, 0.25) is 5.02 Å². The number of likely N-dealkylation sites (tertiary alicyclic amines) is 1. The van der Waals surface area contributed by atoms with Crippen molar-refractivity contribution in [3.05, 3.63) is 40.4 Å². The number of carbonyl (C=O) groups excluding carboxylic acids is 1. The van der Waals surface area contributed by atoms with Crippen molar-refractivity contribution in [1.82, 2.24) is 24.6 Å². The van der Waals surface area contributed by atoms with Gasteiger partial charge in [-0.2, -0.15) is 10.1 Å². The number of nitrogens with one attached hydrogen (secondary N) is 2. The van der Waals surface area contributed by atoms with E-state index in [4.69, 9.17) is 21.1 Å². The van der Waals surface area contributed by atoms with Crippen molar-refractivity contribution in [2.75, 3.05) is 23.7 Å². The highest BCUT2D eigenvalue weighted by atomic mass is 35.5. The van der Waals surface area contributed by atoms with Gasteiger partial charge in [0, 0.05) is 44.4 Å². The van der Waals surface area contributed by atoms with Gasteiger partial charge in [-0.25, -0.2) is 22.6 Å². The number of aryl methyl sites for hydroxylation is 1. The summed E-state index contributed by atoms with van der Waals surface area (Å²) in [5.41, 5.74) is 1.38. The summed E-state index contributed by atoms with van der Waals surface area (Å²) in [7, 11) is -2.09. The van der Waals surface area contributed by atoms with Crippen molar-refractivity contribution >= 4 is 50.7 Å². The molecule has 0 saturated carbocycles. The van der Waals surface area contributed by atoms with Crippen LogP contribution in [0.5, 0.6) is 5.75 Å². The van der Waals surface area contributed by atoms with E-state index in [1.54, 1.807) is 25.8 Å². The van der Waals surface area contributed by atoms with Crippen LogP contribution in [0.1, 0.15) is 71.4 Å². The fourth-order valence-electron chi connectivity index (χ4n) is 5.53. The van der Waals surface area contributed by atoms with Crippen LogP contribution in [0.3, 0.4) is 0 Å². The Labute approximate surface area is 267 Å². The van der Waals surface area contributed by atoms with Crippen molar-refractivity contribution < 1.29 is 27.1 Å². The predicted molar refractivity (Wildman–Crippen MR) is 169 cm³/mol. The molecule has 4 heterocycles. The highest BCUT2D eigenvalue weighted by molar-refractivity contribution is 7.92. The van der Waals surface area contributed by atoms with E-state index in [9.17, 15) is 13.2 Å². The average molecular weight is 664 g/mol. The van der Waals surface area contributed by atoms with Crippen LogP contribution in [0, 0.1) is 5.82 Å². The van der Waals surface area contributed by atoms with Crippen molar-refractivity contribution in [3.63, 3.8) is 0 Å². The second-order valence-electron chi connectivity index (χ2n) is 12.8. The molecule has 2 aliphatic rings. The molecular formula is C30H39ClFN7O5S.